The van der Waals surface area contributed by atoms with Crippen molar-refractivity contribution in [3.8, 4) is 0 Å². The van der Waals surface area contributed by atoms with Gasteiger partial charge in [-0.25, -0.2) is 0 Å². The zero-order valence-corrected chi connectivity index (χ0v) is 12.2. The summed E-state index contributed by atoms with van der Waals surface area (Å²) in [7, 11) is 1.42. The van der Waals surface area contributed by atoms with E-state index in [0.29, 0.717) is 12.8 Å². The van der Waals surface area contributed by atoms with Gasteiger partial charge in [0, 0.05) is 12.1 Å². The number of methoxy groups -OCH3 is 1. The molecule has 0 saturated heterocycles. The van der Waals surface area contributed by atoms with Gasteiger partial charge in [-0.2, -0.15) is 5.10 Å². The van der Waals surface area contributed by atoms with Crippen LogP contribution in [-0.4, -0.2) is 22.9 Å². The van der Waals surface area contributed by atoms with Gasteiger partial charge in [0.15, 0.2) is 0 Å². The first kappa shape index (κ1) is 14.3. The topological polar surface area (TPSA) is 44.1 Å². The van der Waals surface area contributed by atoms with Crippen molar-refractivity contribution in [1.29, 1.82) is 0 Å². The molecule has 2 rings (SSSR count). The summed E-state index contributed by atoms with van der Waals surface area (Å²) in [5, 5.41) is 4.57. The first-order valence-electron chi connectivity index (χ1n) is 6.75. The number of benzene rings is 1. The zero-order chi connectivity index (χ0) is 14.5. The molecule has 20 heavy (non-hydrogen) atoms. The number of hydrogen-bond acceptors (Lipinski definition) is 3. The predicted molar refractivity (Wildman–Crippen MR) is 77.6 cm³/mol. The molecular formula is C16H20N2O2. The van der Waals surface area contributed by atoms with E-state index in [0.717, 1.165) is 23.5 Å². The molecule has 0 aliphatic carbocycles. The van der Waals surface area contributed by atoms with Gasteiger partial charge in [0.1, 0.15) is 0 Å². The van der Waals surface area contributed by atoms with Crippen LogP contribution in [0.5, 0.6) is 0 Å². The van der Waals surface area contributed by atoms with Gasteiger partial charge in [0.2, 0.25) is 0 Å². The fourth-order valence-corrected chi connectivity index (χ4v) is 2.34. The molecular weight excluding hydrogens is 252 g/mol. The SMILES string of the molecule is COC(=O)CCc1c(C)nn(Cc2ccccc2)c1C. The van der Waals surface area contributed by atoms with E-state index in [1.807, 2.05) is 29.8 Å². The third-order valence-electron chi connectivity index (χ3n) is 3.51. The van der Waals surface area contributed by atoms with Crippen LogP contribution >= 0.6 is 0 Å². The molecule has 0 bridgehead atoms. The minimum absolute atomic E-state index is 0.181. The van der Waals surface area contributed by atoms with Crippen LogP contribution in [0.15, 0.2) is 30.3 Å². The Morgan fingerprint density at radius 2 is 1.95 bits per heavy atom. The molecule has 1 heterocycles. The Morgan fingerprint density at radius 1 is 1.25 bits per heavy atom. The van der Waals surface area contributed by atoms with Gasteiger partial charge in [-0.3, -0.25) is 9.48 Å². The molecule has 2 aromatic rings. The van der Waals surface area contributed by atoms with Crippen molar-refractivity contribution in [2.24, 2.45) is 0 Å². The molecule has 0 unspecified atom stereocenters. The highest BCUT2D eigenvalue weighted by Crippen LogP contribution is 2.16. The predicted octanol–water partition coefficient (Wildman–Crippen LogP) is 2.65. The first-order chi connectivity index (χ1) is 9.61. The number of rotatable bonds is 5. The second kappa shape index (κ2) is 6.37. The summed E-state index contributed by atoms with van der Waals surface area (Å²) < 4.78 is 6.69. The van der Waals surface area contributed by atoms with Crippen LogP contribution in [0, 0.1) is 13.8 Å². The molecule has 0 radical (unpaired) electrons. The monoisotopic (exact) mass is 272 g/mol. The molecule has 106 valence electrons. The van der Waals surface area contributed by atoms with Crippen molar-refractivity contribution in [2.45, 2.75) is 33.2 Å². The highest BCUT2D eigenvalue weighted by Gasteiger charge is 2.13. The van der Waals surface area contributed by atoms with E-state index >= 15 is 0 Å². The quantitative estimate of drug-likeness (QED) is 0.786. The van der Waals surface area contributed by atoms with Gasteiger partial charge >= 0.3 is 5.97 Å². The van der Waals surface area contributed by atoms with Crippen LogP contribution in [0.25, 0.3) is 0 Å². The average molecular weight is 272 g/mol. The number of aryl methyl sites for hydroxylation is 1. The van der Waals surface area contributed by atoms with Gasteiger partial charge in [-0.15, -0.1) is 0 Å². The van der Waals surface area contributed by atoms with Gasteiger partial charge in [0.25, 0.3) is 0 Å². The lowest BCUT2D eigenvalue weighted by molar-refractivity contribution is -0.140. The first-order valence-corrected chi connectivity index (χ1v) is 6.75. The van der Waals surface area contributed by atoms with Crippen molar-refractivity contribution < 1.29 is 9.53 Å². The smallest absolute Gasteiger partial charge is 0.305 e. The molecule has 0 aliphatic rings. The fourth-order valence-electron chi connectivity index (χ4n) is 2.34. The van der Waals surface area contributed by atoms with Crippen molar-refractivity contribution in [2.75, 3.05) is 7.11 Å². The number of aromatic nitrogens is 2. The average Bonchev–Trinajstić information content (AvgIpc) is 2.72. The number of nitrogens with zero attached hydrogens (tertiary/aromatic N) is 2. The Morgan fingerprint density at radius 3 is 2.60 bits per heavy atom. The maximum Gasteiger partial charge on any atom is 0.305 e. The third kappa shape index (κ3) is 3.26. The van der Waals surface area contributed by atoms with E-state index in [1.165, 1.54) is 12.7 Å². The van der Waals surface area contributed by atoms with E-state index < -0.39 is 0 Å². The molecule has 0 spiro atoms. The van der Waals surface area contributed by atoms with Crippen LogP contribution in [0.4, 0.5) is 0 Å². The Bertz CT molecular complexity index is 588. The highest BCUT2D eigenvalue weighted by molar-refractivity contribution is 5.69. The van der Waals surface area contributed by atoms with Crippen molar-refractivity contribution in [3.05, 3.63) is 52.8 Å². The van der Waals surface area contributed by atoms with E-state index in [4.69, 9.17) is 0 Å². The molecule has 1 aromatic heterocycles. The standard InChI is InChI=1S/C16H20N2O2/c1-12-15(9-10-16(19)20-3)13(2)18(17-12)11-14-7-5-4-6-8-14/h4-8H,9-11H2,1-3H3. The zero-order valence-electron chi connectivity index (χ0n) is 12.2. The number of hydrogen-bond donors (Lipinski definition) is 0. The lowest BCUT2D eigenvalue weighted by atomic mass is 10.1. The van der Waals surface area contributed by atoms with Crippen molar-refractivity contribution >= 4 is 5.97 Å². The number of esters is 1. The summed E-state index contributed by atoms with van der Waals surface area (Å²) in [6.07, 6.45) is 1.08. The molecule has 0 saturated carbocycles. The number of carbonyl (C=O) groups is 1. The summed E-state index contributed by atoms with van der Waals surface area (Å²) >= 11 is 0. The van der Waals surface area contributed by atoms with Gasteiger partial charge in [-0.1, -0.05) is 30.3 Å². The lowest BCUT2D eigenvalue weighted by Gasteiger charge is -2.05. The van der Waals surface area contributed by atoms with Crippen LogP contribution in [-0.2, 0) is 22.5 Å². The molecule has 4 heteroatoms. The molecule has 1 aromatic carbocycles. The maximum absolute atomic E-state index is 11.3. The van der Waals surface area contributed by atoms with Gasteiger partial charge in [-0.05, 0) is 31.4 Å². The number of carbonyl (C=O) groups excluding carboxylic acids is 1. The number of ether oxygens (including phenoxy) is 1. The molecule has 0 fully saturated rings. The summed E-state index contributed by atoms with van der Waals surface area (Å²) in [4.78, 5) is 11.3. The molecule has 0 amide bonds. The summed E-state index contributed by atoms with van der Waals surface area (Å²) in [6.45, 7) is 4.79. The van der Waals surface area contributed by atoms with E-state index in [9.17, 15) is 4.79 Å². The Hall–Kier alpha value is -2.10. The second-order valence-electron chi connectivity index (χ2n) is 4.87. The van der Waals surface area contributed by atoms with Crippen LogP contribution < -0.4 is 0 Å². The molecule has 0 N–H and O–H groups in total. The largest absolute Gasteiger partial charge is 0.469 e. The van der Waals surface area contributed by atoms with Crippen LogP contribution in [0.2, 0.25) is 0 Å². The molecule has 0 aliphatic heterocycles. The Balaban J connectivity index is 2.14. The van der Waals surface area contributed by atoms with Crippen LogP contribution in [0.1, 0.15) is 28.9 Å². The summed E-state index contributed by atoms with van der Waals surface area (Å²) in [5.41, 5.74) is 4.47. The third-order valence-corrected chi connectivity index (χ3v) is 3.51. The fraction of sp³-hybridized carbons (Fsp3) is 0.375. The highest BCUT2D eigenvalue weighted by atomic mass is 16.5. The van der Waals surface area contributed by atoms with Gasteiger partial charge in [0.05, 0.1) is 19.3 Å². The minimum atomic E-state index is -0.181. The maximum atomic E-state index is 11.3. The van der Waals surface area contributed by atoms with Crippen molar-refractivity contribution in [3.63, 3.8) is 0 Å². The van der Waals surface area contributed by atoms with E-state index in [-0.39, 0.29) is 5.97 Å². The van der Waals surface area contributed by atoms with E-state index in [2.05, 4.69) is 28.9 Å². The summed E-state index contributed by atoms with van der Waals surface area (Å²) in [5.74, 6) is -0.181. The Kier molecular flexibility index (Phi) is 4.56. The molecule has 0 atom stereocenters. The lowest BCUT2D eigenvalue weighted by Crippen LogP contribution is -2.05. The molecule has 4 nitrogen and oxygen atoms in total. The van der Waals surface area contributed by atoms with E-state index in [1.54, 1.807) is 0 Å². The normalized spacial score (nSPS) is 10.6. The minimum Gasteiger partial charge on any atom is -0.469 e. The Labute approximate surface area is 119 Å². The van der Waals surface area contributed by atoms with Gasteiger partial charge < -0.3 is 4.74 Å². The second-order valence-corrected chi connectivity index (χ2v) is 4.87. The van der Waals surface area contributed by atoms with Crippen LogP contribution in [0.3, 0.4) is 0 Å². The summed E-state index contributed by atoms with van der Waals surface area (Å²) in [6, 6.07) is 10.2. The van der Waals surface area contributed by atoms with Crippen molar-refractivity contribution in [1.82, 2.24) is 9.78 Å².